The summed E-state index contributed by atoms with van der Waals surface area (Å²) in [6.45, 7) is 14.6. The van der Waals surface area contributed by atoms with Crippen LogP contribution < -0.4 is 0 Å². The number of esters is 1. The van der Waals surface area contributed by atoms with Gasteiger partial charge in [-0.1, -0.05) is 27.7 Å². The fourth-order valence-corrected chi connectivity index (χ4v) is 4.26. The molecule has 0 aromatic heterocycles. The minimum absolute atomic E-state index is 0.287. The lowest BCUT2D eigenvalue weighted by Crippen LogP contribution is -2.26. The number of carbonyl (C=O) groups excluding carboxylic acids is 2. The number of cyclic esters (lactones) is 1. The summed E-state index contributed by atoms with van der Waals surface area (Å²) in [4.78, 5) is 24.3. The molecule has 5 heteroatoms. The molecule has 24 heavy (non-hydrogen) atoms. The molecule has 0 saturated heterocycles. The Kier molecular flexibility index (Phi) is 5.35. The molecule has 1 unspecified atom stereocenters. The average Bonchev–Trinajstić information content (AvgIpc) is 2.85. The van der Waals surface area contributed by atoms with Gasteiger partial charge in [-0.15, -0.1) is 0 Å². The second-order valence-electron chi connectivity index (χ2n) is 7.51. The van der Waals surface area contributed by atoms with E-state index in [2.05, 4.69) is 27.7 Å². The van der Waals surface area contributed by atoms with E-state index >= 15 is 0 Å². The van der Waals surface area contributed by atoms with Gasteiger partial charge in [0.15, 0.2) is 6.29 Å². The zero-order chi connectivity index (χ0) is 18.2. The van der Waals surface area contributed by atoms with E-state index in [0.717, 1.165) is 40.5 Å². The number of rotatable bonds is 5. The zero-order valence-corrected chi connectivity index (χ0v) is 16.7. The minimum Gasteiger partial charge on any atom is -0.457 e. The van der Waals surface area contributed by atoms with E-state index in [1.807, 2.05) is 20.0 Å². The summed E-state index contributed by atoms with van der Waals surface area (Å²) in [6.07, 6.45) is 1.03. The van der Waals surface area contributed by atoms with Crippen LogP contribution in [-0.2, 0) is 32.4 Å². The molecule has 1 aromatic rings. The predicted octanol–water partition coefficient (Wildman–Crippen LogP) is 4.03. The molecule has 0 fully saturated rings. The van der Waals surface area contributed by atoms with Crippen LogP contribution in [0.15, 0.2) is 0 Å². The van der Waals surface area contributed by atoms with Gasteiger partial charge in [0, 0.05) is 5.56 Å². The quantitative estimate of drug-likeness (QED) is 0.458. The number of benzene rings is 1. The van der Waals surface area contributed by atoms with Crippen molar-refractivity contribution in [1.82, 2.24) is 0 Å². The molecule has 1 radical (unpaired) electrons. The van der Waals surface area contributed by atoms with Crippen LogP contribution in [0.2, 0.25) is 13.1 Å². The Labute approximate surface area is 146 Å². The van der Waals surface area contributed by atoms with Crippen LogP contribution in [-0.4, -0.2) is 21.3 Å². The maximum atomic E-state index is 12.4. The average molecular weight is 348 g/mol. The molecule has 131 valence electrons. The third-order valence-electron chi connectivity index (χ3n) is 4.48. The lowest BCUT2D eigenvalue weighted by Gasteiger charge is -2.31. The molecular formula is C19H27O4Si. The number of aldehydes is 1. The standard InChI is InChI=1S/C19H27O4Si/c1-8-12-11(2)13-10-22-18(21)16(13)17(19(3,4)5)15(12)14(9-20)23-24(6)7/h9,14H,8,10H2,1-7H3. The van der Waals surface area contributed by atoms with Gasteiger partial charge in [0.05, 0.1) is 5.56 Å². The number of fused-ring (bicyclic) bond motifs is 1. The molecule has 0 spiro atoms. The topological polar surface area (TPSA) is 52.6 Å². The highest BCUT2D eigenvalue weighted by Crippen LogP contribution is 2.42. The van der Waals surface area contributed by atoms with E-state index in [1.165, 1.54) is 0 Å². The number of carbonyl (C=O) groups is 2. The molecule has 1 heterocycles. The Morgan fingerprint density at radius 3 is 2.42 bits per heavy atom. The lowest BCUT2D eigenvalue weighted by molar-refractivity contribution is -0.114. The first-order valence-corrected chi connectivity index (χ1v) is 10.8. The van der Waals surface area contributed by atoms with Crippen molar-refractivity contribution in [2.75, 3.05) is 0 Å². The fourth-order valence-electron chi connectivity index (χ4n) is 3.58. The van der Waals surface area contributed by atoms with Crippen LogP contribution in [0, 0.1) is 6.92 Å². The van der Waals surface area contributed by atoms with Crippen molar-refractivity contribution in [3.05, 3.63) is 33.4 Å². The molecule has 0 amide bonds. The van der Waals surface area contributed by atoms with Gasteiger partial charge in [-0.25, -0.2) is 4.79 Å². The monoisotopic (exact) mass is 347 g/mol. The van der Waals surface area contributed by atoms with Crippen molar-refractivity contribution in [3.8, 4) is 0 Å². The molecule has 4 nitrogen and oxygen atoms in total. The van der Waals surface area contributed by atoms with Crippen molar-refractivity contribution in [2.24, 2.45) is 0 Å². The smallest absolute Gasteiger partial charge is 0.339 e. The van der Waals surface area contributed by atoms with Gasteiger partial charge in [0.1, 0.15) is 12.7 Å². The molecular weight excluding hydrogens is 320 g/mol. The summed E-state index contributed by atoms with van der Waals surface area (Å²) in [5, 5.41) is 0. The molecule has 0 aliphatic carbocycles. The van der Waals surface area contributed by atoms with Crippen LogP contribution in [0.25, 0.3) is 0 Å². The summed E-state index contributed by atoms with van der Waals surface area (Å²) >= 11 is 0. The first-order chi connectivity index (χ1) is 11.1. The molecule has 0 bridgehead atoms. The molecule has 1 atom stereocenters. The second-order valence-corrected chi connectivity index (χ2v) is 9.56. The van der Waals surface area contributed by atoms with Gasteiger partial charge in [-0.2, -0.15) is 0 Å². The van der Waals surface area contributed by atoms with Crippen LogP contribution in [0.5, 0.6) is 0 Å². The van der Waals surface area contributed by atoms with Crippen molar-refractivity contribution in [1.29, 1.82) is 0 Å². The highest BCUT2D eigenvalue weighted by Gasteiger charge is 2.37. The largest absolute Gasteiger partial charge is 0.457 e. The third-order valence-corrected chi connectivity index (χ3v) is 5.20. The zero-order valence-electron chi connectivity index (χ0n) is 15.7. The van der Waals surface area contributed by atoms with Crippen molar-refractivity contribution >= 4 is 21.3 Å². The van der Waals surface area contributed by atoms with E-state index in [-0.39, 0.29) is 11.4 Å². The van der Waals surface area contributed by atoms with Gasteiger partial charge < -0.3 is 14.0 Å². The highest BCUT2D eigenvalue weighted by atomic mass is 28.3. The summed E-state index contributed by atoms with van der Waals surface area (Å²) in [5.41, 5.74) is 5.26. The van der Waals surface area contributed by atoms with Gasteiger partial charge in [0.2, 0.25) is 9.04 Å². The lowest BCUT2D eigenvalue weighted by atomic mass is 9.74. The van der Waals surface area contributed by atoms with Gasteiger partial charge in [-0.05, 0) is 54.1 Å². The molecule has 2 rings (SSSR count). The Hall–Kier alpha value is -1.46. The van der Waals surface area contributed by atoms with Gasteiger partial charge >= 0.3 is 5.97 Å². The number of hydrogen-bond acceptors (Lipinski definition) is 4. The molecule has 1 aliphatic rings. The summed E-state index contributed by atoms with van der Waals surface area (Å²) in [7, 11) is -1.07. The SMILES string of the molecule is CCc1c(C)c2c(c(C(C)(C)C)c1C(C=O)O[Si](C)C)C(=O)OC2. The Balaban J connectivity index is 2.90. The second kappa shape index (κ2) is 6.80. The highest BCUT2D eigenvalue weighted by molar-refractivity contribution is 6.48. The summed E-state index contributed by atoms with van der Waals surface area (Å²) < 4.78 is 11.3. The van der Waals surface area contributed by atoms with Crippen LogP contribution >= 0.6 is 0 Å². The van der Waals surface area contributed by atoms with E-state index in [0.29, 0.717) is 12.2 Å². The van der Waals surface area contributed by atoms with E-state index in [9.17, 15) is 9.59 Å². The molecule has 0 saturated carbocycles. The maximum Gasteiger partial charge on any atom is 0.339 e. The summed E-state index contributed by atoms with van der Waals surface area (Å²) in [6, 6.07) is 0. The van der Waals surface area contributed by atoms with Crippen LogP contribution in [0.4, 0.5) is 0 Å². The van der Waals surface area contributed by atoms with Gasteiger partial charge in [-0.3, -0.25) is 0 Å². The first kappa shape index (κ1) is 18.9. The first-order valence-electron chi connectivity index (χ1n) is 8.41. The third kappa shape index (κ3) is 3.19. The van der Waals surface area contributed by atoms with E-state index < -0.39 is 15.1 Å². The Morgan fingerprint density at radius 1 is 1.33 bits per heavy atom. The predicted molar refractivity (Wildman–Crippen MR) is 95.7 cm³/mol. The Morgan fingerprint density at radius 2 is 1.96 bits per heavy atom. The Bertz CT molecular complexity index is 671. The van der Waals surface area contributed by atoms with Crippen LogP contribution in [0.1, 0.15) is 72.0 Å². The van der Waals surface area contributed by atoms with Crippen molar-refractivity contribution < 1.29 is 18.8 Å². The minimum atomic E-state index is -1.07. The fraction of sp³-hybridized carbons (Fsp3) is 0.579. The number of ether oxygens (including phenoxy) is 1. The molecule has 0 N–H and O–H groups in total. The van der Waals surface area contributed by atoms with Crippen molar-refractivity contribution in [3.63, 3.8) is 0 Å². The molecule has 1 aromatic carbocycles. The maximum absolute atomic E-state index is 12.4. The number of hydrogen-bond donors (Lipinski definition) is 0. The van der Waals surface area contributed by atoms with Gasteiger partial charge in [0.25, 0.3) is 0 Å². The van der Waals surface area contributed by atoms with Crippen LogP contribution in [0.3, 0.4) is 0 Å². The summed E-state index contributed by atoms with van der Waals surface area (Å²) in [5.74, 6) is -0.287. The normalized spacial score (nSPS) is 15.4. The molecule has 1 aliphatic heterocycles. The van der Waals surface area contributed by atoms with Crippen molar-refractivity contribution in [2.45, 2.75) is 72.3 Å². The van der Waals surface area contributed by atoms with E-state index in [4.69, 9.17) is 9.16 Å². The van der Waals surface area contributed by atoms with E-state index in [1.54, 1.807) is 0 Å².